The van der Waals surface area contributed by atoms with Crippen molar-refractivity contribution in [2.24, 2.45) is 0 Å². The van der Waals surface area contributed by atoms with E-state index < -0.39 is 0 Å². The Labute approximate surface area is 124 Å². The second-order valence-electron chi connectivity index (χ2n) is 4.24. The van der Waals surface area contributed by atoms with E-state index in [9.17, 15) is 4.79 Å². The molecule has 0 aliphatic heterocycles. The predicted molar refractivity (Wildman–Crippen MR) is 81.3 cm³/mol. The van der Waals surface area contributed by atoms with Crippen molar-refractivity contribution in [1.29, 1.82) is 0 Å². The van der Waals surface area contributed by atoms with Gasteiger partial charge in [-0.25, -0.2) is 0 Å². The van der Waals surface area contributed by atoms with Gasteiger partial charge < -0.3 is 5.32 Å². The second-order valence-corrected chi connectivity index (χ2v) is 6.00. The van der Waals surface area contributed by atoms with Gasteiger partial charge in [-0.2, -0.15) is 16.4 Å². The molecule has 0 aromatic carbocycles. The number of amides is 1. The molecule has 1 atom stereocenters. The average molecular weight is 303 g/mol. The van der Waals surface area contributed by atoms with Crippen LogP contribution in [0.3, 0.4) is 0 Å². The van der Waals surface area contributed by atoms with Gasteiger partial charge in [0.05, 0.1) is 0 Å². The lowest BCUT2D eigenvalue weighted by Gasteiger charge is -2.16. The van der Waals surface area contributed by atoms with E-state index in [1.54, 1.807) is 17.5 Å². The van der Waals surface area contributed by atoms with Gasteiger partial charge in [0, 0.05) is 34.8 Å². The molecule has 1 amide bonds. The Bertz CT molecular complexity index is 610. The first-order valence-corrected chi connectivity index (χ1v) is 8.00. The minimum Gasteiger partial charge on any atom is -0.349 e. The van der Waals surface area contributed by atoms with Gasteiger partial charge >= 0.3 is 0 Å². The van der Waals surface area contributed by atoms with Gasteiger partial charge in [-0.15, -0.1) is 11.3 Å². The van der Waals surface area contributed by atoms with Crippen molar-refractivity contribution >= 4 is 28.6 Å². The highest BCUT2D eigenvalue weighted by Gasteiger charge is 2.16. The third kappa shape index (κ3) is 2.81. The lowest BCUT2D eigenvalue weighted by atomic mass is 10.2. The Morgan fingerprint density at radius 2 is 2.30 bits per heavy atom. The van der Waals surface area contributed by atoms with Crippen LogP contribution in [0.25, 0.3) is 0 Å². The highest BCUT2D eigenvalue weighted by atomic mass is 32.1. The molecule has 0 bridgehead atoms. The molecular formula is C14H13N3OS2. The minimum atomic E-state index is -0.0417. The summed E-state index contributed by atoms with van der Waals surface area (Å²) in [5, 5.41) is 13.0. The van der Waals surface area contributed by atoms with Crippen molar-refractivity contribution in [3.8, 4) is 0 Å². The highest BCUT2D eigenvalue weighted by molar-refractivity contribution is 7.10. The zero-order valence-corrected chi connectivity index (χ0v) is 12.2. The fourth-order valence-corrected chi connectivity index (χ4v) is 3.41. The molecule has 0 radical (unpaired) electrons. The largest absolute Gasteiger partial charge is 0.349 e. The molecule has 0 aliphatic rings. The van der Waals surface area contributed by atoms with Gasteiger partial charge in [-0.3, -0.25) is 9.48 Å². The lowest BCUT2D eigenvalue weighted by Crippen LogP contribution is -2.31. The van der Waals surface area contributed by atoms with Crippen molar-refractivity contribution in [1.82, 2.24) is 15.1 Å². The van der Waals surface area contributed by atoms with E-state index >= 15 is 0 Å². The van der Waals surface area contributed by atoms with E-state index in [1.807, 2.05) is 45.2 Å². The maximum absolute atomic E-state index is 12.0. The van der Waals surface area contributed by atoms with Crippen LogP contribution in [-0.2, 0) is 0 Å². The summed E-state index contributed by atoms with van der Waals surface area (Å²) in [7, 11) is 0. The molecule has 3 rings (SSSR count). The molecule has 102 valence electrons. The van der Waals surface area contributed by atoms with Crippen LogP contribution in [0, 0.1) is 0 Å². The number of thiophene rings is 2. The molecule has 0 fully saturated rings. The zero-order valence-electron chi connectivity index (χ0n) is 10.6. The monoisotopic (exact) mass is 303 g/mol. The second kappa shape index (κ2) is 6.02. The summed E-state index contributed by atoms with van der Waals surface area (Å²) in [5.41, 5.74) is 0.709. The Morgan fingerprint density at radius 1 is 1.35 bits per heavy atom. The molecule has 6 heteroatoms. The van der Waals surface area contributed by atoms with Crippen LogP contribution >= 0.6 is 22.7 Å². The number of rotatable bonds is 5. The smallest absolute Gasteiger partial charge is 0.252 e. The number of hydrogen-bond donors (Lipinski definition) is 1. The number of aromatic nitrogens is 2. The minimum absolute atomic E-state index is 0.0348. The first kappa shape index (κ1) is 13.1. The number of nitrogens with zero attached hydrogens (tertiary/aromatic N) is 2. The molecule has 0 unspecified atom stereocenters. The summed E-state index contributed by atoms with van der Waals surface area (Å²) >= 11 is 3.19. The predicted octanol–water partition coefficient (Wildman–Crippen LogP) is 3.03. The average Bonchev–Trinajstić information content (AvgIpc) is 3.22. The number of carbonyl (C=O) groups excluding carboxylic acids is 1. The van der Waals surface area contributed by atoms with Crippen molar-refractivity contribution in [2.45, 2.75) is 6.04 Å². The molecule has 3 aromatic rings. The van der Waals surface area contributed by atoms with Crippen LogP contribution in [0.2, 0.25) is 0 Å². The molecule has 4 nitrogen and oxygen atoms in total. The Kier molecular flexibility index (Phi) is 3.94. The fourth-order valence-electron chi connectivity index (χ4n) is 1.96. The topological polar surface area (TPSA) is 46.9 Å². The Balaban J connectivity index is 1.73. The number of hydrogen-bond acceptors (Lipinski definition) is 4. The van der Waals surface area contributed by atoms with Crippen LogP contribution in [0.1, 0.15) is 21.3 Å². The van der Waals surface area contributed by atoms with Gasteiger partial charge in [0.2, 0.25) is 0 Å². The van der Waals surface area contributed by atoms with Gasteiger partial charge in [-0.05, 0) is 29.0 Å². The van der Waals surface area contributed by atoms with Gasteiger partial charge in [0.25, 0.3) is 5.91 Å². The Hall–Kier alpha value is -1.92. The molecule has 0 aliphatic carbocycles. The van der Waals surface area contributed by atoms with Gasteiger partial charge in [0.1, 0.15) is 6.04 Å². The molecular weight excluding hydrogens is 290 g/mol. The van der Waals surface area contributed by atoms with Crippen molar-refractivity contribution in [3.63, 3.8) is 0 Å². The molecule has 0 spiro atoms. The molecule has 3 heterocycles. The molecule has 3 aromatic heterocycles. The maximum atomic E-state index is 12.0. The van der Waals surface area contributed by atoms with E-state index in [1.165, 1.54) is 16.2 Å². The molecule has 1 N–H and O–H groups in total. The normalized spacial score (nSPS) is 12.2. The summed E-state index contributed by atoms with van der Waals surface area (Å²) in [5.74, 6) is -0.0417. The highest BCUT2D eigenvalue weighted by Crippen LogP contribution is 2.22. The van der Waals surface area contributed by atoms with E-state index in [2.05, 4.69) is 16.5 Å². The summed E-state index contributed by atoms with van der Waals surface area (Å²) in [6.07, 6.45) is 3.67. The first-order valence-electron chi connectivity index (χ1n) is 6.17. The Morgan fingerprint density at radius 3 is 2.95 bits per heavy atom. The third-order valence-electron chi connectivity index (χ3n) is 2.96. The van der Waals surface area contributed by atoms with Crippen molar-refractivity contribution < 1.29 is 4.79 Å². The SMILES string of the molecule is O=C(NC[C@H](c1cccs1)n1cccn1)c1ccsc1. The summed E-state index contributed by atoms with van der Waals surface area (Å²) < 4.78 is 1.87. The van der Waals surface area contributed by atoms with Gasteiger partial charge in [-0.1, -0.05) is 6.07 Å². The standard InChI is InChI=1S/C14H13N3OS2/c18-14(11-4-8-19-10-11)15-9-12(13-3-1-7-20-13)17-6-2-5-16-17/h1-8,10,12H,9H2,(H,15,18)/t12-/m1/s1. The zero-order chi connectivity index (χ0) is 13.8. The van der Waals surface area contributed by atoms with E-state index in [0.717, 1.165) is 0 Å². The van der Waals surface area contributed by atoms with Gasteiger partial charge in [0.15, 0.2) is 0 Å². The van der Waals surface area contributed by atoms with Crippen molar-refractivity contribution in [3.05, 3.63) is 63.2 Å². The molecule has 0 saturated carbocycles. The number of carbonyl (C=O) groups is 1. The van der Waals surface area contributed by atoms with E-state index in [0.29, 0.717) is 12.1 Å². The summed E-state index contributed by atoms with van der Waals surface area (Å²) in [6.45, 7) is 0.525. The number of nitrogens with one attached hydrogen (secondary N) is 1. The van der Waals surface area contributed by atoms with Crippen LogP contribution in [0.4, 0.5) is 0 Å². The fraction of sp³-hybridized carbons (Fsp3) is 0.143. The summed E-state index contributed by atoms with van der Waals surface area (Å²) in [4.78, 5) is 13.2. The maximum Gasteiger partial charge on any atom is 0.252 e. The van der Waals surface area contributed by atoms with Crippen LogP contribution in [0.5, 0.6) is 0 Å². The first-order chi connectivity index (χ1) is 9.84. The molecule has 20 heavy (non-hydrogen) atoms. The van der Waals surface area contributed by atoms with E-state index in [4.69, 9.17) is 0 Å². The molecule has 0 saturated heterocycles. The van der Waals surface area contributed by atoms with Crippen LogP contribution in [-0.4, -0.2) is 22.2 Å². The quantitative estimate of drug-likeness (QED) is 0.787. The summed E-state index contributed by atoms with van der Waals surface area (Å²) in [6, 6.07) is 7.83. The lowest BCUT2D eigenvalue weighted by molar-refractivity contribution is 0.0950. The third-order valence-corrected chi connectivity index (χ3v) is 4.61. The van der Waals surface area contributed by atoms with E-state index in [-0.39, 0.29) is 11.9 Å². The van der Waals surface area contributed by atoms with Crippen LogP contribution < -0.4 is 5.32 Å². The van der Waals surface area contributed by atoms with Crippen molar-refractivity contribution in [2.75, 3.05) is 6.54 Å². The van der Waals surface area contributed by atoms with Crippen LogP contribution in [0.15, 0.2) is 52.8 Å².